The number of alkyl halides is 3. The molecule has 2 N–H and O–H groups in total. The van der Waals surface area contributed by atoms with Crippen molar-refractivity contribution in [2.24, 2.45) is 0 Å². The molecule has 0 amide bonds. The highest BCUT2D eigenvalue weighted by Gasteiger charge is 2.43. The zero-order valence-electron chi connectivity index (χ0n) is 12.7. The predicted octanol–water partition coefficient (Wildman–Crippen LogP) is 3.69. The molecule has 2 aromatic heterocycles. The van der Waals surface area contributed by atoms with Gasteiger partial charge in [0.2, 0.25) is 0 Å². The summed E-state index contributed by atoms with van der Waals surface area (Å²) in [5.41, 5.74) is -0.169. The number of ether oxygens (including phenoxy) is 1. The molecule has 0 aliphatic rings. The number of fused-ring (bicyclic) bond motifs is 1. The van der Waals surface area contributed by atoms with Crippen LogP contribution in [0.3, 0.4) is 0 Å². The predicted molar refractivity (Wildman–Crippen MR) is 82.3 cm³/mol. The first-order valence-electron chi connectivity index (χ1n) is 7.08. The van der Waals surface area contributed by atoms with E-state index < -0.39 is 29.6 Å². The van der Waals surface area contributed by atoms with Gasteiger partial charge in [0.05, 0.1) is 16.6 Å². The largest absolute Gasteiger partial charge is 0.491 e. The molecule has 1 aromatic carbocycles. The molecule has 2 heterocycles. The summed E-state index contributed by atoms with van der Waals surface area (Å²) in [5.74, 6) is -4.99. The van der Waals surface area contributed by atoms with Crippen molar-refractivity contribution in [1.29, 1.82) is 0 Å². The van der Waals surface area contributed by atoms with Crippen LogP contribution in [0.5, 0.6) is 0 Å². The number of rotatable bonds is 3. The Morgan fingerprint density at radius 2 is 1.81 bits per heavy atom. The Bertz CT molecular complexity index is 984. The van der Waals surface area contributed by atoms with E-state index in [-0.39, 0.29) is 16.6 Å². The first-order chi connectivity index (χ1) is 12.3. The molecule has 3 aromatic rings. The van der Waals surface area contributed by atoms with Crippen molar-refractivity contribution < 1.29 is 31.9 Å². The van der Waals surface area contributed by atoms with Gasteiger partial charge in [0.15, 0.2) is 5.69 Å². The maximum absolute atomic E-state index is 14.2. The molecule has 134 valence electrons. The Kier molecular flexibility index (Phi) is 4.33. The van der Waals surface area contributed by atoms with Gasteiger partial charge in [-0.15, -0.1) is 0 Å². The minimum atomic E-state index is -5.34. The molecule has 0 bridgehead atoms. The molecule has 0 atom stereocenters. The number of carbonyl (C=O) groups excluding carboxylic acids is 2. The van der Waals surface area contributed by atoms with E-state index in [1.807, 2.05) is 0 Å². The molecule has 0 aliphatic heterocycles. The van der Waals surface area contributed by atoms with Crippen LogP contribution in [0.1, 0.15) is 10.5 Å². The van der Waals surface area contributed by atoms with Crippen LogP contribution in [0.15, 0.2) is 42.7 Å². The molecular weight excluding hydrogens is 358 g/mol. The Labute approximate surface area is 142 Å². The van der Waals surface area contributed by atoms with Crippen LogP contribution >= 0.6 is 0 Å². The molecule has 0 radical (unpaired) electrons. The summed E-state index contributed by atoms with van der Waals surface area (Å²) in [6, 6.07) is 6.87. The van der Waals surface area contributed by atoms with Gasteiger partial charge in [-0.2, -0.15) is 13.2 Å². The third kappa shape index (κ3) is 3.34. The van der Waals surface area contributed by atoms with Gasteiger partial charge in [-0.1, -0.05) is 6.07 Å². The van der Waals surface area contributed by atoms with Gasteiger partial charge in [0, 0.05) is 18.1 Å². The van der Waals surface area contributed by atoms with Gasteiger partial charge in [-0.3, -0.25) is 4.98 Å². The Morgan fingerprint density at radius 1 is 1.12 bits per heavy atom. The third-order valence-corrected chi connectivity index (χ3v) is 3.34. The van der Waals surface area contributed by atoms with Gasteiger partial charge >= 0.3 is 18.1 Å². The summed E-state index contributed by atoms with van der Waals surface area (Å²) in [5, 5.41) is 2.65. The van der Waals surface area contributed by atoms with Crippen LogP contribution in [0.2, 0.25) is 0 Å². The highest BCUT2D eigenvalue weighted by Crippen LogP contribution is 2.33. The number of aromatic amines is 1. The Morgan fingerprint density at radius 3 is 2.46 bits per heavy atom. The summed E-state index contributed by atoms with van der Waals surface area (Å²) in [6.45, 7) is 0. The fourth-order valence-electron chi connectivity index (χ4n) is 2.26. The van der Waals surface area contributed by atoms with Crippen LogP contribution in [0.4, 0.5) is 28.9 Å². The maximum atomic E-state index is 14.2. The number of nitrogens with one attached hydrogen (secondary N) is 2. The van der Waals surface area contributed by atoms with Gasteiger partial charge in [-0.05, 0) is 24.3 Å². The molecule has 0 aliphatic carbocycles. The molecular formula is C16H9F4N3O3. The highest BCUT2D eigenvalue weighted by molar-refractivity contribution is 6.09. The molecule has 6 nitrogen and oxygen atoms in total. The topological polar surface area (TPSA) is 84.1 Å². The maximum Gasteiger partial charge on any atom is 0.491 e. The number of halogens is 4. The number of H-pyrrole nitrogens is 1. The van der Waals surface area contributed by atoms with Crippen LogP contribution in [0.25, 0.3) is 10.9 Å². The summed E-state index contributed by atoms with van der Waals surface area (Å²) in [7, 11) is 0. The van der Waals surface area contributed by atoms with Gasteiger partial charge in [0.25, 0.3) is 0 Å². The van der Waals surface area contributed by atoms with Gasteiger partial charge < -0.3 is 15.0 Å². The molecule has 0 saturated carbocycles. The van der Waals surface area contributed by atoms with Crippen molar-refractivity contribution in [3.8, 4) is 0 Å². The average molecular weight is 367 g/mol. The van der Waals surface area contributed by atoms with Crippen LogP contribution in [-0.2, 0) is 9.53 Å². The second-order valence-electron chi connectivity index (χ2n) is 5.07. The second kappa shape index (κ2) is 6.47. The average Bonchev–Trinajstić information content (AvgIpc) is 2.95. The standard InChI is InChI=1S/C16H9F4N3O3/c17-9-2-1-3-10-11(9)12(22-8-4-6-21-7-5-8)13(23-10)14(24)26-15(25)16(18,19)20/h1-7,23H,(H,21,22). The Hall–Kier alpha value is -3.43. The van der Waals surface area contributed by atoms with Crippen molar-refractivity contribution in [3.63, 3.8) is 0 Å². The van der Waals surface area contributed by atoms with E-state index in [0.29, 0.717) is 5.69 Å². The zero-order valence-corrected chi connectivity index (χ0v) is 12.7. The van der Waals surface area contributed by atoms with Crippen molar-refractivity contribution in [3.05, 3.63) is 54.2 Å². The fourth-order valence-corrected chi connectivity index (χ4v) is 2.26. The first kappa shape index (κ1) is 17.4. The molecule has 26 heavy (non-hydrogen) atoms. The number of benzene rings is 1. The van der Waals surface area contributed by atoms with Gasteiger partial charge in [-0.25, -0.2) is 14.0 Å². The monoisotopic (exact) mass is 367 g/mol. The lowest BCUT2D eigenvalue weighted by molar-refractivity contribution is -0.193. The summed E-state index contributed by atoms with van der Waals surface area (Å²) < 4.78 is 55.0. The first-order valence-corrected chi connectivity index (χ1v) is 7.08. The molecule has 0 fully saturated rings. The number of pyridine rings is 1. The van der Waals surface area contributed by atoms with Crippen molar-refractivity contribution in [1.82, 2.24) is 9.97 Å². The second-order valence-corrected chi connectivity index (χ2v) is 5.07. The zero-order chi connectivity index (χ0) is 18.9. The third-order valence-electron chi connectivity index (χ3n) is 3.34. The normalized spacial score (nSPS) is 11.4. The minimum absolute atomic E-state index is 0.0734. The summed E-state index contributed by atoms with van der Waals surface area (Å²) >= 11 is 0. The van der Waals surface area contributed by atoms with Crippen molar-refractivity contribution in [2.45, 2.75) is 6.18 Å². The van der Waals surface area contributed by atoms with E-state index in [1.54, 1.807) is 0 Å². The summed E-state index contributed by atoms with van der Waals surface area (Å²) in [6.07, 6.45) is -2.51. The SMILES string of the molecule is O=C(OC(=O)C(F)(F)F)c1[nH]c2cccc(F)c2c1Nc1ccncc1. The van der Waals surface area contributed by atoms with Crippen LogP contribution < -0.4 is 5.32 Å². The number of carbonyl (C=O) groups is 2. The van der Waals surface area contributed by atoms with E-state index in [0.717, 1.165) is 6.07 Å². The molecule has 0 saturated heterocycles. The number of anilines is 2. The number of nitrogens with zero attached hydrogens (tertiary/aromatic N) is 1. The van der Waals surface area contributed by atoms with E-state index in [2.05, 4.69) is 20.0 Å². The minimum Gasteiger partial charge on any atom is -0.381 e. The molecule has 3 rings (SSSR count). The van der Waals surface area contributed by atoms with Crippen molar-refractivity contribution >= 4 is 34.2 Å². The summed E-state index contributed by atoms with van der Waals surface area (Å²) in [4.78, 5) is 29.2. The Balaban J connectivity index is 2.07. The quantitative estimate of drug-likeness (QED) is 0.419. The molecule has 0 unspecified atom stereocenters. The number of aromatic nitrogens is 2. The lowest BCUT2D eigenvalue weighted by atomic mass is 10.2. The van der Waals surface area contributed by atoms with Crippen LogP contribution in [0, 0.1) is 5.82 Å². The smallest absolute Gasteiger partial charge is 0.381 e. The van der Waals surface area contributed by atoms with Gasteiger partial charge in [0.1, 0.15) is 5.82 Å². The fraction of sp³-hybridized carbons (Fsp3) is 0.0625. The number of hydrogen-bond acceptors (Lipinski definition) is 5. The lowest BCUT2D eigenvalue weighted by Crippen LogP contribution is -2.28. The molecule has 10 heteroatoms. The van der Waals surface area contributed by atoms with E-state index in [4.69, 9.17) is 0 Å². The van der Waals surface area contributed by atoms with E-state index in [9.17, 15) is 27.2 Å². The van der Waals surface area contributed by atoms with E-state index >= 15 is 0 Å². The molecule has 0 spiro atoms. The highest BCUT2D eigenvalue weighted by atomic mass is 19.4. The number of hydrogen-bond donors (Lipinski definition) is 2. The number of esters is 2. The van der Waals surface area contributed by atoms with Crippen LogP contribution in [-0.4, -0.2) is 28.1 Å². The van der Waals surface area contributed by atoms with Crippen molar-refractivity contribution in [2.75, 3.05) is 5.32 Å². The van der Waals surface area contributed by atoms with E-state index in [1.165, 1.54) is 36.7 Å². The lowest BCUT2D eigenvalue weighted by Gasteiger charge is -2.09.